The van der Waals surface area contributed by atoms with Crippen molar-refractivity contribution in [1.82, 2.24) is 14.8 Å². The average molecular weight is 509 g/mol. The topological polar surface area (TPSA) is 157 Å². The molecule has 13 heteroatoms. The van der Waals surface area contributed by atoms with Crippen LogP contribution in [0.15, 0.2) is 39.8 Å². The number of carbonyl (C=O) groups excluding carboxylic acids is 3. The van der Waals surface area contributed by atoms with Gasteiger partial charge in [0, 0.05) is 24.7 Å². The molecule has 1 fully saturated rings. The number of nitrogens with zero attached hydrogens (tertiary/aromatic N) is 2. The number of esters is 1. The molecule has 0 spiro atoms. The van der Waals surface area contributed by atoms with Crippen LogP contribution < -0.4 is 10.6 Å². The third-order valence-corrected chi connectivity index (χ3v) is 7.05. The van der Waals surface area contributed by atoms with E-state index in [0.717, 1.165) is 0 Å². The number of carbonyl (C=O) groups is 3. The summed E-state index contributed by atoms with van der Waals surface area (Å²) in [4.78, 5) is 37.4. The van der Waals surface area contributed by atoms with E-state index in [4.69, 9.17) is 14.0 Å². The number of ether oxygens (including phenoxy) is 2. The van der Waals surface area contributed by atoms with Crippen LogP contribution in [0.25, 0.3) is 0 Å². The highest BCUT2D eigenvalue weighted by Gasteiger charge is 2.29. The van der Waals surface area contributed by atoms with E-state index in [1.165, 1.54) is 34.6 Å². The Bertz CT molecular complexity index is 1170. The van der Waals surface area contributed by atoms with Crippen molar-refractivity contribution in [2.24, 2.45) is 5.92 Å². The molecule has 190 valence electrons. The van der Waals surface area contributed by atoms with Crippen molar-refractivity contribution >= 4 is 33.6 Å². The van der Waals surface area contributed by atoms with Gasteiger partial charge >= 0.3 is 5.97 Å². The zero-order chi connectivity index (χ0) is 25.6. The van der Waals surface area contributed by atoms with Crippen molar-refractivity contribution < 1.29 is 36.8 Å². The van der Waals surface area contributed by atoms with Gasteiger partial charge in [0.05, 0.1) is 18.1 Å². The second-order valence-corrected chi connectivity index (χ2v) is 10.2. The van der Waals surface area contributed by atoms with E-state index >= 15 is 0 Å². The summed E-state index contributed by atoms with van der Waals surface area (Å²) in [5.74, 6) is -1.76. The van der Waals surface area contributed by atoms with Crippen LogP contribution in [0, 0.1) is 12.8 Å². The lowest BCUT2D eigenvalue weighted by Crippen LogP contribution is -2.46. The summed E-state index contributed by atoms with van der Waals surface area (Å²) in [6.45, 7) is 5.52. The lowest BCUT2D eigenvalue weighted by atomic mass is 10.0. The van der Waals surface area contributed by atoms with Gasteiger partial charge in [-0.3, -0.25) is 9.59 Å². The van der Waals surface area contributed by atoms with Crippen LogP contribution in [0.2, 0.25) is 0 Å². The van der Waals surface area contributed by atoms with Gasteiger partial charge in [0.15, 0.2) is 12.4 Å². The molecule has 2 heterocycles. The number of hydrogen-bond donors (Lipinski definition) is 2. The van der Waals surface area contributed by atoms with E-state index in [0.29, 0.717) is 19.0 Å². The highest BCUT2D eigenvalue weighted by molar-refractivity contribution is 7.89. The molecule has 1 aliphatic rings. The third kappa shape index (κ3) is 6.87. The molecule has 35 heavy (non-hydrogen) atoms. The van der Waals surface area contributed by atoms with E-state index in [2.05, 4.69) is 15.8 Å². The van der Waals surface area contributed by atoms with Crippen molar-refractivity contribution in [3.8, 4) is 0 Å². The van der Waals surface area contributed by atoms with Gasteiger partial charge in [0.25, 0.3) is 11.8 Å². The lowest BCUT2D eigenvalue weighted by molar-refractivity contribution is -0.150. The largest absolute Gasteiger partial charge is 0.454 e. The predicted molar refractivity (Wildman–Crippen MR) is 123 cm³/mol. The number of morpholine rings is 1. The zero-order valence-corrected chi connectivity index (χ0v) is 20.5. The van der Waals surface area contributed by atoms with E-state index < -0.39 is 40.5 Å². The molecule has 1 atom stereocenters. The maximum atomic E-state index is 12.9. The molecule has 1 aromatic carbocycles. The molecule has 0 radical (unpaired) electrons. The van der Waals surface area contributed by atoms with E-state index in [-0.39, 0.29) is 35.3 Å². The Hall–Kier alpha value is -3.29. The number of nitrogens with one attached hydrogen (secondary N) is 2. The van der Waals surface area contributed by atoms with Gasteiger partial charge in [0.2, 0.25) is 10.0 Å². The highest BCUT2D eigenvalue weighted by atomic mass is 32.2. The molecule has 1 aliphatic heterocycles. The normalized spacial score (nSPS) is 15.4. The van der Waals surface area contributed by atoms with Crippen LogP contribution in [0.1, 0.15) is 30.0 Å². The number of anilines is 1. The fourth-order valence-electron chi connectivity index (χ4n) is 3.29. The van der Waals surface area contributed by atoms with Crippen LogP contribution in [0.5, 0.6) is 0 Å². The summed E-state index contributed by atoms with van der Waals surface area (Å²) >= 11 is 0. The van der Waals surface area contributed by atoms with E-state index in [1.807, 2.05) is 0 Å². The Morgan fingerprint density at radius 1 is 1.17 bits per heavy atom. The SMILES string of the molecule is Cc1cc(NC(=O)COC(=O)C(NC(=O)c2cccc(S(=O)(=O)N3CCOCC3)c2)C(C)C)no1. The van der Waals surface area contributed by atoms with Gasteiger partial charge < -0.3 is 24.6 Å². The molecular weight excluding hydrogens is 480 g/mol. The number of benzene rings is 1. The van der Waals surface area contributed by atoms with Gasteiger partial charge in [-0.1, -0.05) is 25.1 Å². The molecule has 0 aliphatic carbocycles. The summed E-state index contributed by atoms with van der Waals surface area (Å²) in [5, 5.41) is 8.61. The van der Waals surface area contributed by atoms with Crippen molar-refractivity contribution in [3.63, 3.8) is 0 Å². The molecule has 0 bridgehead atoms. The average Bonchev–Trinajstić information content (AvgIpc) is 3.25. The quantitative estimate of drug-likeness (QED) is 0.470. The van der Waals surface area contributed by atoms with Crippen molar-refractivity contribution in [2.45, 2.75) is 31.7 Å². The van der Waals surface area contributed by atoms with Crippen molar-refractivity contribution in [2.75, 3.05) is 38.2 Å². The monoisotopic (exact) mass is 508 g/mol. The second-order valence-electron chi connectivity index (χ2n) is 8.22. The Kier molecular flexibility index (Phi) is 8.59. The van der Waals surface area contributed by atoms with Crippen molar-refractivity contribution in [1.29, 1.82) is 0 Å². The summed E-state index contributed by atoms with van der Waals surface area (Å²) in [5.41, 5.74) is 0.0666. The number of hydrogen-bond acceptors (Lipinski definition) is 9. The van der Waals surface area contributed by atoms with Crippen LogP contribution in [-0.2, 0) is 29.1 Å². The van der Waals surface area contributed by atoms with Crippen LogP contribution >= 0.6 is 0 Å². The minimum Gasteiger partial charge on any atom is -0.454 e. The second kappa shape index (κ2) is 11.4. The van der Waals surface area contributed by atoms with Gasteiger partial charge in [0.1, 0.15) is 11.8 Å². The number of rotatable bonds is 9. The molecular formula is C22H28N4O8S. The first-order valence-electron chi connectivity index (χ1n) is 11.0. The molecule has 2 amide bonds. The smallest absolute Gasteiger partial charge is 0.329 e. The summed E-state index contributed by atoms with van der Waals surface area (Å²) < 4.78 is 42.2. The molecule has 1 unspecified atom stereocenters. The van der Waals surface area contributed by atoms with Gasteiger partial charge in [-0.05, 0) is 31.0 Å². The van der Waals surface area contributed by atoms with E-state index in [1.54, 1.807) is 20.8 Å². The fourth-order valence-corrected chi connectivity index (χ4v) is 4.74. The Balaban J connectivity index is 1.63. The highest BCUT2D eigenvalue weighted by Crippen LogP contribution is 2.19. The van der Waals surface area contributed by atoms with Gasteiger partial charge in [-0.15, -0.1) is 0 Å². The van der Waals surface area contributed by atoms with Gasteiger partial charge in [-0.2, -0.15) is 4.31 Å². The first-order chi connectivity index (χ1) is 16.6. The molecule has 2 N–H and O–H groups in total. The third-order valence-electron chi connectivity index (χ3n) is 5.15. The molecule has 12 nitrogen and oxygen atoms in total. The maximum absolute atomic E-state index is 12.9. The van der Waals surface area contributed by atoms with E-state index in [9.17, 15) is 22.8 Å². The first-order valence-corrected chi connectivity index (χ1v) is 12.4. The molecule has 1 saturated heterocycles. The maximum Gasteiger partial charge on any atom is 0.329 e. The van der Waals surface area contributed by atoms with Crippen molar-refractivity contribution in [3.05, 3.63) is 41.7 Å². The molecule has 2 aromatic rings. The lowest BCUT2D eigenvalue weighted by Gasteiger charge is -2.26. The molecule has 1 aromatic heterocycles. The Morgan fingerprint density at radius 3 is 2.51 bits per heavy atom. The molecule has 0 saturated carbocycles. The zero-order valence-electron chi connectivity index (χ0n) is 19.6. The van der Waals surface area contributed by atoms with Crippen LogP contribution in [-0.4, -0.2) is 74.6 Å². The number of aromatic nitrogens is 1. The summed E-state index contributed by atoms with van der Waals surface area (Å²) in [6, 6.07) is 6.01. The first kappa shape index (κ1) is 26.3. The molecule has 3 rings (SSSR count). The fraction of sp³-hybridized carbons (Fsp3) is 0.455. The minimum atomic E-state index is -3.80. The number of sulfonamides is 1. The standard InChI is InChI=1S/C22H28N4O8S/c1-14(2)20(22(29)33-13-19(27)23-18-11-15(3)34-25-18)24-21(28)16-5-4-6-17(12-16)35(30,31)26-7-9-32-10-8-26/h4-6,11-12,14,20H,7-10,13H2,1-3H3,(H,24,28)(H,23,25,27). The minimum absolute atomic E-state index is 0.0320. The Labute approximate surface area is 203 Å². The van der Waals surface area contributed by atoms with Crippen LogP contribution in [0.3, 0.4) is 0 Å². The number of amides is 2. The summed E-state index contributed by atoms with van der Waals surface area (Å²) in [7, 11) is -3.80. The summed E-state index contributed by atoms with van der Waals surface area (Å²) in [6.07, 6.45) is 0. The van der Waals surface area contributed by atoms with Crippen LogP contribution in [0.4, 0.5) is 5.82 Å². The Morgan fingerprint density at radius 2 is 1.89 bits per heavy atom. The predicted octanol–water partition coefficient (Wildman–Crippen LogP) is 0.940. The van der Waals surface area contributed by atoms with Gasteiger partial charge in [-0.25, -0.2) is 13.2 Å². The number of aryl methyl sites for hydroxylation is 1.